The Morgan fingerprint density at radius 3 is 2.28 bits per heavy atom. The van der Waals surface area contributed by atoms with Gasteiger partial charge in [-0.1, -0.05) is 54.1 Å². The van der Waals surface area contributed by atoms with E-state index in [-0.39, 0.29) is 6.10 Å². The summed E-state index contributed by atoms with van der Waals surface area (Å²) in [6, 6.07) is 25.1. The Labute approximate surface area is 192 Å². The third-order valence-corrected chi connectivity index (χ3v) is 6.63. The molecule has 3 aromatic carbocycles. The maximum Gasteiger partial charge on any atom is 0.127 e. The van der Waals surface area contributed by atoms with E-state index in [0.29, 0.717) is 5.92 Å². The largest absolute Gasteiger partial charge is 0.457 e. The number of aliphatic hydroxyl groups is 1. The van der Waals surface area contributed by atoms with Crippen LogP contribution >= 0.6 is 0 Å². The van der Waals surface area contributed by atoms with Crippen molar-refractivity contribution in [3.05, 3.63) is 95.1 Å². The van der Waals surface area contributed by atoms with Gasteiger partial charge in [-0.3, -0.25) is 0 Å². The number of β-amino-alcohol motifs (C(OH)–C–C–N with tert-alkyl or cyclic N) is 1. The smallest absolute Gasteiger partial charge is 0.127 e. The molecule has 0 aliphatic carbocycles. The summed E-state index contributed by atoms with van der Waals surface area (Å²) < 4.78 is 5.91. The van der Waals surface area contributed by atoms with Crippen LogP contribution in [0.25, 0.3) is 0 Å². The van der Waals surface area contributed by atoms with Crippen LogP contribution in [0.15, 0.2) is 72.8 Å². The van der Waals surface area contributed by atoms with Gasteiger partial charge in [0.15, 0.2) is 0 Å². The predicted octanol–water partition coefficient (Wildman–Crippen LogP) is 6.27. The average Bonchev–Trinajstić information content (AvgIpc) is 2.80. The first-order valence-electron chi connectivity index (χ1n) is 11.9. The number of rotatable bonds is 8. The highest BCUT2D eigenvalue weighted by Gasteiger charge is 2.22. The third kappa shape index (κ3) is 6.21. The van der Waals surface area contributed by atoms with Gasteiger partial charge in [0.05, 0.1) is 6.10 Å². The summed E-state index contributed by atoms with van der Waals surface area (Å²) >= 11 is 0. The van der Waals surface area contributed by atoms with Crippen molar-refractivity contribution in [2.24, 2.45) is 0 Å². The average molecular weight is 430 g/mol. The van der Waals surface area contributed by atoms with Gasteiger partial charge in [-0.05, 0) is 99.5 Å². The molecule has 1 fully saturated rings. The Morgan fingerprint density at radius 1 is 0.906 bits per heavy atom. The van der Waals surface area contributed by atoms with E-state index < -0.39 is 0 Å². The Bertz CT molecular complexity index is 976. The van der Waals surface area contributed by atoms with Crippen molar-refractivity contribution in [3.8, 4) is 11.5 Å². The lowest BCUT2D eigenvalue weighted by atomic mass is 9.89. The molecule has 0 aromatic heterocycles. The monoisotopic (exact) mass is 429 g/mol. The fraction of sp³-hybridized carbons (Fsp3) is 0.379. The number of aryl methyl sites for hydroxylation is 3. The second-order valence-electron chi connectivity index (χ2n) is 9.18. The molecule has 0 bridgehead atoms. The van der Waals surface area contributed by atoms with E-state index in [1.165, 1.54) is 22.3 Å². The molecule has 1 aliphatic rings. The standard InChI is InChI=1S/C29H35NO2/c1-22-8-9-24(23(2)20-22)10-13-27(31)21-30-18-16-26(17-19-30)25-11-14-29(15-12-25)32-28-6-4-3-5-7-28/h3-9,11-12,14-15,20,26-27,31H,10,13,16-19,21H2,1-2H3/t27-/m1/s1. The van der Waals surface area contributed by atoms with Crippen LogP contribution in [0.3, 0.4) is 0 Å². The molecule has 1 saturated heterocycles. The second-order valence-corrected chi connectivity index (χ2v) is 9.18. The number of para-hydroxylation sites is 1. The van der Waals surface area contributed by atoms with E-state index in [1.54, 1.807) is 0 Å². The first-order valence-corrected chi connectivity index (χ1v) is 11.9. The van der Waals surface area contributed by atoms with Gasteiger partial charge in [-0.15, -0.1) is 0 Å². The van der Waals surface area contributed by atoms with Crippen molar-refractivity contribution >= 4 is 0 Å². The van der Waals surface area contributed by atoms with E-state index in [2.05, 4.69) is 61.2 Å². The van der Waals surface area contributed by atoms with Gasteiger partial charge < -0.3 is 14.7 Å². The Kier molecular flexibility index (Phi) is 7.62. The van der Waals surface area contributed by atoms with Crippen LogP contribution in [-0.4, -0.2) is 35.7 Å². The zero-order valence-corrected chi connectivity index (χ0v) is 19.3. The van der Waals surface area contributed by atoms with Gasteiger partial charge in [0.25, 0.3) is 0 Å². The lowest BCUT2D eigenvalue weighted by Gasteiger charge is -2.33. The quantitative estimate of drug-likeness (QED) is 0.458. The number of ether oxygens (including phenoxy) is 1. The summed E-state index contributed by atoms with van der Waals surface area (Å²) in [5.41, 5.74) is 5.37. The minimum atomic E-state index is -0.262. The molecule has 0 amide bonds. The molecular weight excluding hydrogens is 394 g/mol. The normalized spacial score (nSPS) is 16.1. The third-order valence-electron chi connectivity index (χ3n) is 6.63. The molecule has 0 unspecified atom stereocenters. The highest BCUT2D eigenvalue weighted by atomic mass is 16.5. The topological polar surface area (TPSA) is 32.7 Å². The summed E-state index contributed by atoms with van der Waals surface area (Å²) in [7, 11) is 0. The van der Waals surface area contributed by atoms with Crippen molar-refractivity contribution in [1.29, 1.82) is 0 Å². The number of piperidine rings is 1. The Balaban J connectivity index is 1.21. The van der Waals surface area contributed by atoms with Crippen LogP contribution in [0.1, 0.15) is 47.4 Å². The number of hydrogen-bond donors (Lipinski definition) is 1. The molecule has 0 spiro atoms. The fourth-order valence-electron chi connectivity index (χ4n) is 4.72. The fourth-order valence-corrected chi connectivity index (χ4v) is 4.72. The van der Waals surface area contributed by atoms with Crippen LogP contribution in [-0.2, 0) is 6.42 Å². The van der Waals surface area contributed by atoms with Gasteiger partial charge in [-0.2, -0.15) is 0 Å². The Morgan fingerprint density at radius 2 is 1.59 bits per heavy atom. The summed E-state index contributed by atoms with van der Waals surface area (Å²) in [5.74, 6) is 2.33. The summed E-state index contributed by atoms with van der Waals surface area (Å²) in [6.45, 7) is 7.17. The van der Waals surface area contributed by atoms with Gasteiger partial charge in [0, 0.05) is 6.54 Å². The molecule has 1 atom stereocenters. The zero-order chi connectivity index (χ0) is 22.3. The molecule has 3 heteroatoms. The van der Waals surface area contributed by atoms with Crippen LogP contribution in [0.5, 0.6) is 11.5 Å². The SMILES string of the molecule is Cc1ccc(CC[C@@H](O)CN2CCC(c3ccc(Oc4ccccc4)cc3)CC2)c(C)c1. The predicted molar refractivity (Wildman–Crippen MR) is 132 cm³/mol. The van der Waals surface area contributed by atoms with Crippen LogP contribution in [0.2, 0.25) is 0 Å². The molecule has 0 radical (unpaired) electrons. The van der Waals surface area contributed by atoms with Crippen molar-refractivity contribution in [2.45, 2.75) is 51.6 Å². The molecule has 3 aromatic rings. The molecule has 168 valence electrons. The highest BCUT2D eigenvalue weighted by Crippen LogP contribution is 2.30. The maximum atomic E-state index is 10.6. The number of likely N-dealkylation sites (tertiary alicyclic amines) is 1. The minimum Gasteiger partial charge on any atom is -0.457 e. The van der Waals surface area contributed by atoms with Gasteiger partial charge in [0.2, 0.25) is 0 Å². The van der Waals surface area contributed by atoms with Crippen LogP contribution < -0.4 is 4.74 Å². The second kappa shape index (κ2) is 10.8. The van der Waals surface area contributed by atoms with E-state index >= 15 is 0 Å². The van der Waals surface area contributed by atoms with Crippen LogP contribution in [0.4, 0.5) is 0 Å². The Hall–Kier alpha value is -2.62. The molecule has 1 aliphatic heterocycles. The highest BCUT2D eigenvalue weighted by molar-refractivity contribution is 5.34. The first kappa shape index (κ1) is 22.6. The number of aliphatic hydroxyl groups excluding tert-OH is 1. The van der Waals surface area contributed by atoms with E-state index in [4.69, 9.17) is 4.74 Å². The molecule has 0 saturated carbocycles. The van der Waals surface area contributed by atoms with Gasteiger partial charge in [-0.25, -0.2) is 0 Å². The van der Waals surface area contributed by atoms with Gasteiger partial charge in [0.1, 0.15) is 11.5 Å². The van der Waals surface area contributed by atoms with E-state index in [1.807, 2.05) is 30.3 Å². The molecule has 4 rings (SSSR count). The number of nitrogens with zero attached hydrogens (tertiary/aromatic N) is 1. The zero-order valence-electron chi connectivity index (χ0n) is 19.3. The molecule has 1 heterocycles. The van der Waals surface area contributed by atoms with E-state index in [9.17, 15) is 5.11 Å². The lowest BCUT2D eigenvalue weighted by molar-refractivity contribution is 0.0912. The summed E-state index contributed by atoms with van der Waals surface area (Å²) in [4.78, 5) is 2.43. The summed E-state index contributed by atoms with van der Waals surface area (Å²) in [6.07, 6.45) is 3.79. The van der Waals surface area contributed by atoms with Gasteiger partial charge >= 0.3 is 0 Å². The molecular formula is C29H35NO2. The number of benzene rings is 3. The minimum absolute atomic E-state index is 0.262. The summed E-state index contributed by atoms with van der Waals surface area (Å²) in [5, 5.41) is 10.6. The maximum absolute atomic E-state index is 10.6. The number of hydrogen-bond acceptors (Lipinski definition) is 3. The van der Waals surface area contributed by atoms with Crippen LogP contribution in [0, 0.1) is 13.8 Å². The van der Waals surface area contributed by atoms with Crippen molar-refractivity contribution in [3.63, 3.8) is 0 Å². The van der Waals surface area contributed by atoms with E-state index in [0.717, 1.165) is 56.8 Å². The molecule has 3 nitrogen and oxygen atoms in total. The van der Waals surface area contributed by atoms with Crippen molar-refractivity contribution < 1.29 is 9.84 Å². The molecule has 1 N–H and O–H groups in total. The molecule has 32 heavy (non-hydrogen) atoms. The first-order chi connectivity index (χ1) is 15.6. The van der Waals surface area contributed by atoms with Crippen molar-refractivity contribution in [2.75, 3.05) is 19.6 Å². The van der Waals surface area contributed by atoms with Crippen molar-refractivity contribution in [1.82, 2.24) is 4.90 Å². The lowest BCUT2D eigenvalue weighted by Crippen LogP contribution is -2.38.